The summed E-state index contributed by atoms with van der Waals surface area (Å²) in [6.45, 7) is 4.42. The highest BCUT2D eigenvalue weighted by molar-refractivity contribution is 6.06. The lowest BCUT2D eigenvalue weighted by Crippen LogP contribution is -2.32. The average Bonchev–Trinajstić information content (AvgIpc) is 4.08. The summed E-state index contributed by atoms with van der Waals surface area (Å²) in [5.41, 5.74) is 4.76. The minimum atomic E-state index is -1.21. The smallest absolute Gasteiger partial charge is 0.256 e. The second-order valence-electron chi connectivity index (χ2n) is 14.9. The minimum absolute atomic E-state index is 0. The van der Waals surface area contributed by atoms with Crippen molar-refractivity contribution in [3.63, 3.8) is 0 Å². The molecule has 0 aliphatic carbocycles. The van der Waals surface area contributed by atoms with E-state index in [0.29, 0.717) is 46.1 Å². The number of aliphatic hydroxyl groups is 3. The van der Waals surface area contributed by atoms with Crippen molar-refractivity contribution in [3.05, 3.63) is 156 Å². The second-order valence-corrected chi connectivity index (χ2v) is 14.9. The lowest BCUT2D eigenvalue weighted by molar-refractivity contribution is -0.0362. The molecule has 322 valence electrons. The van der Waals surface area contributed by atoms with Gasteiger partial charge in [-0.15, -0.1) is 0 Å². The summed E-state index contributed by atoms with van der Waals surface area (Å²) < 4.78 is 21.7. The lowest BCUT2D eigenvalue weighted by atomic mass is 9.95. The fraction of sp³-hybridized carbons (Fsp3) is 0.304. The summed E-state index contributed by atoms with van der Waals surface area (Å²) in [6.07, 6.45) is -0.844. The van der Waals surface area contributed by atoms with Crippen molar-refractivity contribution < 1.29 is 39.1 Å². The molecular weight excluding hydrogens is 793 g/mol. The van der Waals surface area contributed by atoms with Gasteiger partial charge in [-0.25, -0.2) is 19.0 Å². The first-order valence-electron chi connectivity index (χ1n) is 20.1. The maximum Gasteiger partial charge on any atom is 0.256 e. The quantitative estimate of drug-likeness (QED) is 0.104. The monoisotopic (exact) mass is 842 g/mol. The number of anilines is 2. The maximum atomic E-state index is 12.7. The van der Waals surface area contributed by atoms with Crippen molar-refractivity contribution >= 4 is 34.5 Å². The molecule has 0 radical (unpaired) electrons. The molecule has 2 fully saturated rings. The number of carbonyl (C=O) groups excluding carboxylic acids is 2. The topological polar surface area (TPSA) is 207 Å². The molecule has 0 bridgehead atoms. The van der Waals surface area contributed by atoms with Crippen LogP contribution in [0.25, 0.3) is 11.0 Å². The van der Waals surface area contributed by atoms with Gasteiger partial charge in [0.2, 0.25) is 0 Å². The Balaban J connectivity index is 0.000000188. The van der Waals surface area contributed by atoms with E-state index in [0.717, 1.165) is 17.7 Å². The number of carbonyl (C=O) groups is 2. The van der Waals surface area contributed by atoms with Crippen molar-refractivity contribution in [2.75, 3.05) is 17.2 Å². The van der Waals surface area contributed by atoms with Crippen molar-refractivity contribution in [3.8, 4) is 0 Å². The van der Waals surface area contributed by atoms with Crippen LogP contribution in [0.15, 0.2) is 128 Å². The molecule has 6 heterocycles. The number of fused-ring (bicyclic) bond motifs is 2. The third-order valence-corrected chi connectivity index (χ3v) is 11.0. The van der Waals surface area contributed by atoms with Gasteiger partial charge in [0, 0.05) is 17.0 Å². The fourth-order valence-electron chi connectivity index (χ4n) is 7.80. The number of aromatic nitrogens is 6. The highest BCUT2D eigenvalue weighted by Gasteiger charge is 2.45. The lowest BCUT2D eigenvalue weighted by Gasteiger charge is -2.22. The van der Waals surface area contributed by atoms with Gasteiger partial charge in [0.25, 0.3) is 11.8 Å². The standard InChI is InChI=1S/C27H28N4O3.C18H18N4O5.CH4/c1-3-23-18(2)24(33-16-19-10-6-4-7-11-19)25(34-23)21-14-15-22-26(28-17-29-31(21)22)30-27(32)20-12-8-5-9-13-20;23-8-13-14(24)15(25)16(27-13)11-6-7-12-17(19-9-20-22(11)12)21-18(26)10-4-2-1-3-5-10;/h4-15,17-18,23-25H,3,16H2,1-2H3,(H,28,29,30,32);1-7,9,13-16,23-25H,8H2,(H,19,20,21,26);1H4/t18-,23-,24-,25+;13-,14-,15-,16+;/m11./s1. The minimum Gasteiger partial charge on any atom is -0.394 e. The van der Waals surface area contributed by atoms with E-state index in [1.54, 1.807) is 53.0 Å². The van der Waals surface area contributed by atoms with Gasteiger partial charge in [0.05, 0.1) is 36.8 Å². The average molecular weight is 843 g/mol. The summed E-state index contributed by atoms with van der Waals surface area (Å²) in [5.74, 6) is 0.451. The third-order valence-electron chi connectivity index (χ3n) is 11.0. The summed E-state index contributed by atoms with van der Waals surface area (Å²) in [5, 5.41) is 43.7. The van der Waals surface area contributed by atoms with Gasteiger partial charge in [0.1, 0.15) is 54.2 Å². The molecular formula is C46H50N8O8. The molecule has 4 aromatic heterocycles. The normalized spacial score (nSPS) is 23.0. The Morgan fingerprint density at radius 2 is 1.16 bits per heavy atom. The van der Waals surface area contributed by atoms with Crippen LogP contribution in [-0.2, 0) is 20.8 Å². The zero-order valence-electron chi connectivity index (χ0n) is 33.4. The van der Waals surface area contributed by atoms with E-state index < -0.39 is 31.0 Å². The molecule has 62 heavy (non-hydrogen) atoms. The number of ether oxygens (including phenoxy) is 3. The van der Waals surface area contributed by atoms with Gasteiger partial charge >= 0.3 is 0 Å². The van der Waals surface area contributed by atoms with Crippen molar-refractivity contribution in [2.45, 2.75) is 77.0 Å². The van der Waals surface area contributed by atoms with E-state index in [1.807, 2.05) is 54.6 Å². The largest absolute Gasteiger partial charge is 0.394 e. The summed E-state index contributed by atoms with van der Waals surface area (Å²) >= 11 is 0. The van der Waals surface area contributed by atoms with E-state index in [1.165, 1.54) is 17.2 Å². The molecule has 9 rings (SSSR count). The molecule has 16 heteroatoms. The zero-order chi connectivity index (χ0) is 42.5. The van der Waals surface area contributed by atoms with Gasteiger partial charge in [-0.3, -0.25) is 9.59 Å². The zero-order valence-corrected chi connectivity index (χ0v) is 33.4. The van der Waals surface area contributed by atoms with E-state index in [-0.39, 0.29) is 43.5 Å². The Bertz CT molecular complexity index is 2570. The Labute approximate surface area is 358 Å². The van der Waals surface area contributed by atoms with Gasteiger partial charge in [-0.05, 0) is 60.5 Å². The predicted octanol–water partition coefficient (Wildman–Crippen LogP) is 5.82. The molecule has 0 saturated carbocycles. The molecule has 0 unspecified atom stereocenters. The van der Waals surface area contributed by atoms with Crippen LogP contribution >= 0.6 is 0 Å². The Kier molecular flexibility index (Phi) is 13.8. The highest BCUT2D eigenvalue weighted by atomic mass is 16.6. The second kappa shape index (κ2) is 19.5. The van der Waals surface area contributed by atoms with E-state index in [4.69, 9.17) is 14.2 Å². The summed E-state index contributed by atoms with van der Waals surface area (Å²) in [4.78, 5) is 33.5. The SMILES string of the molecule is C.CC[C@H]1O[C@@H](c2ccc3c(NC(=O)c4ccccc4)ncnn23)[C@H](OCc2ccccc2)[C@@H]1C.O=C(Nc1ncnn2c([C@@H]3O[C@H](CO)[C@@H](O)[C@H]3O)ccc12)c1ccccc1. The Morgan fingerprint density at radius 3 is 1.65 bits per heavy atom. The first-order chi connectivity index (χ1) is 29.7. The van der Waals surface area contributed by atoms with Crippen molar-refractivity contribution in [2.24, 2.45) is 5.92 Å². The van der Waals surface area contributed by atoms with E-state index in [2.05, 4.69) is 56.8 Å². The first kappa shape index (κ1) is 43.7. The number of hydrogen-bond donors (Lipinski definition) is 5. The van der Waals surface area contributed by atoms with Crippen LogP contribution in [-0.4, -0.2) is 93.5 Å². The van der Waals surface area contributed by atoms with Crippen LogP contribution in [0.1, 0.15) is 77.6 Å². The van der Waals surface area contributed by atoms with Crippen molar-refractivity contribution in [1.29, 1.82) is 0 Å². The molecule has 16 nitrogen and oxygen atoms in total. The first-order valence-corrected chi connectivity index (χ1v) is 20.1. The summed E-state index contributed by atoms with van der Waals surface area (Å²) in [7, 11) is 0. The molecule has 7 aromatic rings. The molecule has 2 aliphatic heterocycles. The van der Waals surface area contributed by atoms with E-state index in [9.17, 15) is 24.9 Å². The Morgan fingerprint density at radius 1 is 0.677 bits per heavy atom. The number of amides is 2. The predicted molar refractivity (Wildman–Crippen MR) is 230 cm³/mol. The number of rotatable bonds is 11. The van der Waals surface area contributed by atoms with E-state index >= 15 is 0 Å². The van der Waals surface area contributed by atoms with Gasteiger partial charge in [-0.2, -0.15) is 10.2 Å². The molecule has 0 spiro atoms. The summed E-state index contributed by atoms with van der Waals surface area (Å²) in [6, 6.07) is 35.2. The van der Waals surface area contributed by atoms with Gasteiger partial charge < -0.3 is 40.2 Å². The molecule has 8 atom stereocenters. The van der Waals surface area contributed by atoms with Gasteiger partial charge in [0.15, 0.2) is 11.6 Å². The molecule has 2 saturated heterocycles. The number of hydrogen-bond acceptors (Lipinski definition) is 12. The number of benzene rings is 3. The Hall–Kier alpha value is -6.40. The van der Waals surface area contributed by atoms with Crippen LogP contribution in [0.5, 0.6) is 0 Å². The highest BCUT2D eigenvalue weighted by Crippen LogP contribution is 2.41. The van der Waals surface area contributed by atoms with Crippen LogP contribution in [0.4, 0.5) is 11.6 Å². The molecule has 2 aliphatic rings. The van der Waals surface area contributed by atoms with Crippen LogP contribution < -0.4 is 10.6 Å². The van der Waals surface area contributed by atoms with Crippen LogP contribution in [0.2, 0.25) is 0 Å². The van der Waals surface area contributed by atoms with Gasteiger partial charge in [-0.1, -0.05) is 88.0 Å². The molecule has 2 amide bonds. The third kappa shape index (κ3) is 8.97. The number of aliphatic hydroxyl groups excluding tert-OH is 3. The van der Waals surface area contributed by atoms with Crippen LogP contribution in [0.3, 0.4) is 0 Å². The number of nitrogens with one attached hydrogen (secondary N) is 2. The molecule has 3 aromatic carbocycles. The fourth-order valence-corrected chi connectivity index (χ4v) is 7.80. The molecule has 5 N–H and O–H groups in total. The van der Waals surface area contributed by atoms with Crippen molar-refractivity contribution in [1.82, 2.24) is 29.2 Å². The number of nitrogens with zero attached hydrogens (tertiary/aromatic N) is 6. The maximum absolute atomic E-state index is 12.7. The van der Waals surface area contributed by atoms with Crippen LogP contribution in [0, 0.1) is 5.92 Å².